The molecule has 1 amide bonds. The summed E-state index contributed by atoms with van der Waals surface area (Å²) in [4.78, 5) is 26.8. The van der Waals surface area contributed by atoms with Crippen molar-refractivity contribution < 1.29 is 4.79 Å². The normalized spacial score (nSPS) is 22.2. The fourth-order valence-corrected chi connectivity index (χ4v) is 5.72. The number of rotatable bonds is 2. The number of aromatic nitrogens is 2. The van der Waals surface area contributed by atoms with Crippen molar-refractivity contribution in [1.82, 2.24) is 20.2 Å². The van der Waals surface area contributed by atoms with Crippen molar-refractivity contribution in [2.45, 2.75) is 64.0 Å². The molecule has 27 heavy (non-hydrogen) atoms. The van der Waals surface area contributed by atoms with Crippen molar-refractivity contribution in [1.29, 1.82) is 0 Å². The predicted molar refractivity (Wildman–Crippen MR) is 106 cm³/mol. The molecule has 1 saturated heterocycles. The van der Waals surface area contributed by atoms with Gasteiger partial charge in [0.25, 0.3) is 5.91 Å². The van der Waals surface area contributed by atoms with Gasteiger partial charge in [-0.3, -0.25) is 4.79 Å². The van der Waals surface area contributed by atoms with E-state index >= 15 is 0 Å². The number of aryl methyl sites for hydroxylation is 2. The number of carbonyl (C=O) groups is 1. The molecule has 5 rings (SSSR count). The average molecular weight is 383 g/mol. The van der Waals surface area contributed by atoms with Gasteiger partial charge in [0.05, 0.1) is 16.6 Å². The molecule has 142 valence electrons. The number of fused-ring (bicyclic) bond motifs is 2. The fourth-order valence-electron chi connectivity index (χ4n) is 4.50. The summed E-state index contributed by atoms with van der Waals surface area (Å²) in [5, 5.41) is 3.53. The van der Waals surface area contributed by atoms with Crippen molar-refractivity contribution in [2.75, 3.05) is 13.1 Å². The molecule has 3 aliphatic rings. The van der Waals surface area contributed by atoms with Gasteiger partial charge in [-0.2, -0.15) is 0 Å². The monoisotopic (exact) mass is 382 g/mol. The van der Waals surface area contributed by atoms with E-state index in [0.29, 0.717) is 12.6 Å². The van der Waals surface area contributed by atoms with Crippen LogP contribution in [0.5, 0.6) is 0 Å². The Bertz CT molecular complexity index is 832. The van der Waals surface area contributed by atoms with Crippen LogP contribution in [0.4, 0.5) is 0 Å². The van der Waals surface area contributed by atoms with Gasteiger partial charge < -0.3 is 10.2 Å². The quantitative estimate of drug-likeness (QED) is 0.865. The third kappa shape index (κ3) is 3.41. The number of amides is 1. The summed E-state index contributed by atoms with van der Waals surface area (Å²) in [6.07, 6.45) is 11.2. The van der Waals surface area contributed by atoms with E-state index in [2.05, 4.69) is 16.4 Å². The Labute approximate surface area is 164 Å². The summed E-state index contributed by atoms with van der Waals surface area (Å²) in [6.45, 7) is 2.44. The first-order valence-corrected chi connectivity index (χ1v) is 11.1. The molecule has 0 bridgehead atoms. The Morgan fingerprint density at radius 3 is 2.93 bits per heavy atom. The van der Waals surface area contributed by atoms with Crippen molar-refractivity contribution in [3.8, 4) is 0 Å². The van der Waals surface area contributed by atoms with E-state index in [1.807, 2.05) is 11.1 Å². The van der Waals surface area contributed by atoms with E-state index in [1.165, 1.54) is 36.1 Å². The number of hydrogen-bond donors (Lipinski definition) is 1. The van der Waals surface area contributed by atoms with E-state index in [9.17, 15) is 4.79 Å². The second kappa shape index (κ2) is 7.32. The van der Waals surface area contributed by atoms with Gasteiger partial charge in [-0.05, 0) is 56.7 Å². The highest BCUT2D eigenvalue weighted by atomic mass is 32.1. The van der Waals surface area contributed by atoms with Gasteiger partial charge in [-0.1, -0.05) is 6.42 Å². The van der Waals surface area contributed by atoms with Crippen LogP contribution < -0.4 is 5.32 Å². The summed E-state index contributed by atoms with van der Waals surface area (Å²) in [5.41, 5.74) is 3.64. The van der Waals surface area contributed by atoms with Crippen LogP contribution in [-0.2, 0) is 25.8 Å². The van der Waals surface area contributed by atoms with Crippen LogP contribution in [0, 0.1) is 0 Å². The number of nitrogens with zero attached hydrogens (tertiary/aromatic N) is 3. The summed E-state index contributed by atoms with van der Waals surface area (Å²) in [6, 6.07) is 2.44. The van der Waals surface area contributed by atoms with Crippen molar-refractivity contribution in [3.05, 3.63) is 44.7 Å². The highest BCUT2D eigenvalue weighted by Crippen LogP contribution is 2.31. The van der Waals surface area contributed by atoms with Crippen molar-refractivity contribution in [2.24, 2.45) is 0 Å². The van der Waals surface area contributed by atoms with Crippen LogP contribution in [-0.4, -0.2) is 33.9 Å². The summed E-state index contributed by atoms with van der Waals surface area (Å²) < 4.78 is 0. The lowest BCUT2D eigenvalue weighted by Crippen LogP contribution is -2.36. The molecule has 0 radical (unpaired) electrons. The lowest BCUT2D eigenvalue weighted by atomic mass is 9.99. The van der Waals surface area contributed by atoms with E-state index in [4.69, 9.17) is 4.98 Å². The van der Waals surface area contributed by atoms with Gasteiger partial charge >= 0.3 is 0 Å². The Hall–Kier alpha value is -1.79. The third-order valence-corrected chi connectivity index (χ3v) is 7.29. The molecule has 2 aromatic heterocycles. The molecule has 2 aromatic rings. The summed E-state index contributed by atoms with van der Waals surface area (Å²) in [5.74, 6) is 1.11. The lowest BCUT2D eigenvalue weighted by Gasteiger charge is -2.29. The highest BCUT2D eigenvalue weighted by molar-refractivity contribution is 7.14. The van der Waals surface area contributed by atoms with Crippen LogP contribution in [0.1, 0.15) is 75.3 Å². The maximum Gasteiger partial charge on any atom is 0.264 e. The molecule has 4 heterocycles. The topological polar surface area (TPSA) is 58.1 Å². The first kappa shape index (κ1) is 17.3. The second-order valence-corrected chi connectivity index (χ2v) is 9.08. The van der Waals surface area contributed by atoms with Crippen molar-refractivity contribution >= 4 is 17.2 Å². The Morgan fingerprint density at radius 2 is 2.07 bits per heavy atom. The van der Waals surface area contributed by atoms with Gasteiger partial charge in [0.2, 0.25) is 0 Å². The molecule has 1 N–H and O–H groups in total. The number of nitrogens with one attached hydrogen (secondary N) is 1. The SMILES string of the molecule is O=C(c1cc2c(s1)CCCC2)N1CCc2nc([C@H]3CCCCN3)ncc2C1. The van der Waals surface area contributed by atoms with Crippen LogP contribution in [0.2, 0.25) is 0 Å². The van der Waals surface area contributed by atoms with E-state index in [-0.39, 0.29) is 5.91 Å². The summed E-state index contributed by atoms with van der Waals surface area (Å²) >= 11 is 1.71. The van der Waals surface area contributed by atoms with E-state index in [1.54, 1.807) is 11.3 Å². The van der Waals surface area contributed by atoms with Crippen LogP contribution >= 0.6 is 11.3 Å². The largest absolute Gasteiger partial charge is 0.333 e. The minimum absolute atomic E-state index is 0.179. The molecule has 0 aromatic carbocycles. The minimum atomic E-state index is 0.179. The number of piperidine rings is 1. The van der Waals surface area contributed by atoms with E-state index in [0.717, 1.165) is 60.7 Å². The highest BCUT2D eigenvalue weighted by Gasteiger charge is 2.27. The third-order valence-electron chi connectivity index (χ3n) is 6.07. The summed E-state index contributed by atoms with van der Waals surface area (Å²) in [7, 11) is 0. The molecule has 2 aliphatic heterocycles. The predicted octanol–water partition coefficient (Wildman–Crippen LogP) is 3.43. The Kier molecular flexibility index (Phi) is 4.70. The fraction of sp³-hybridized carbons (Fsp3) is 0.571. The first-order chi connectivity index (χ1) is 13.3. The second-order valence-electron chi connectivity index (χ2n) is 7.95. The van der Waals surface area contributed by atoms with Crippen LogP contribution in [0.3, 0.4) is 0 Å². The van der Waals surface area contributed by atoms with Crippen LogP contribution in [0.15, 0.2) is 12.3 Å². The first-order valence-electron chi connectivity index (χ1n) is 10.3. The Balaban J connectivity index is 1.32. The van der Waals surface area contributed by atoms with Crippen molar-refractivity contribution in [3.63, 3.8) is 0 Å². The zero-order valence-electron chi connectivity index (χ0n) is 15.7. The average Bonchev–Trinajstić information content (AvgIpc) is 3.17. The van der Waals surface area contributed by atoms with Gasteiger partial charge in [-0.15, -0.1) is 11.3 Å². The zero-order chi connectivity index (χ0) is 18.2. The van der Waals surface area contributed by atoms with Crippen LogP contribution in [0.25, 0.3) is 0 Å². The van der Waals surface area contributed by atoms with Gasteiger partial charge in [0.15, 0.2) is 0 Å². The standard InChI is InChI=1S/C21H26N4OS/c26-21(19-11-14-5-1-2-7-18(14)27-19)25-10-8-16-15(13-25)12-23-20(24-16)17-6-3-4-9-22-17/h11-12,17,22H,1-10,13H2/t17-/m1/s1. The molecule has 0 saturated carbocycles. The maximum absolute atomic E-state index is 13.0. The number of carbonyl (C=O) groups excluding carboxylic acids is 1. The molecule has 1 atom stereocenters. The van der Waals surface area contributed by atoms with E-state index < -0.39 is 0 Å². The van der Waals surface area contributed by atoms with Gasteiger partial charge in [0, 0.05) is 36.1 Å². The van der Waals surface area contributed by atoms with Gasteiger partial charge in [-0.25, -0.2) is 9.97 Å². The Morgan fingerprint density at radius 1 is 1.15 bits per heavy atom. The maximum atomic E-state index is 13.0. The lowest BCUT2D eigenvalue weighted by molar-refractivity contribution is 0.0738. The molecule has 0 unspecified atom stereocenters. The molecule has 6 heteroatoms. The number of thiophene rings is 1. The number of hydrogen-bond acceptors (Lipinski definition) is 5. The smallest absolute Gasteiger partial charge is 0.264 e. The minimum Gasteiger partial charge on any atom is -0.333 e. The molecule has 1 fully saturated rings. The zero-order valence-corrected chi connectivity index (χ0v) is 16.5. The van der Waals surface area contributed by atoms with Gasteiger partial charge in [0.1, 0.15) is 5.82 Å². The molecular formula is C21H26N4OS. The molecule has 5 nitrogen and oxygen atoms in total. The molecule has 1 aliphatic carbocycles. The molecular weight excluding hydrogens is 356 g/mol. The molecule has 0 spiro atoms.